The van der Waals surface area contributed by atoms with E-state index in [1.54, 1.807) is 5.19 Å². The van der Waals surface area contributed by atoms with Gasteiger partial charge in [-0.3, -0.25) is 0 Å². The van der Waals surface area contributed by atoms with Crippen molar-refractivity contribution in [2.24, 2.45) is 0 Å². The maximum Gasteiger partial charge on any atom is 0.0850 e. The van der Waals surface area contributed by atoms with Crippen LogP contribution in [0.5, 0.6) is 0 Å². The number of hydrogen-bond donors (Lipinski definition) is 0. The monoisotopic (exact) mass is 191 g/mol. The van der Waals surface area contributed by atoms with Crippen LogP contribution in [-0.2, 0) is 0 Å². The Morgan fingerprint density at radius 1 is 1.23 bits per heavy atom. The molecule has 1 aliphatic rings. The molecule has 0 amide bonds. The summed E-state index contributed by atoms with van der Waals surface area (Å²) in [5.74, 6) is 0. The summed E-state index contributed by atoms with van der Waals surface area (Å²) in [5.41, 5.74) is 1.46. The molecule has 2 rings (SSSR count). The van der Waals surface area contributed by atoms with Crippen molar-refractivity contribution in [3.8, 4) is 0 Å². The minimum Gasteiger partial charge on any atom is -0.375 e. The molecule has 13 heavy (non-hydrogen) atoms. The zero-order valence-electron chi connectivity index (χ0n) is 8.67. The van der Waals surface area contributed by atoms with Gasteiger partial charge in [0.05, 0.1) is 8.07 Å². The van der Waals surface area contributed by atoms with E-state index in [0.29, 0.717) is 0 Å². The molecule has 1 aliphatic heterocycles. The Kier molecular flexibility index (Phi) is 1.95. The summed E-state index contributed by atoms with van der Waals surface area (Å²) in [4.78, 5) is 2.38. The minimum absolute atomic E-state index is 1.09. The van der Waals surface area contributed by atoms with Crippen LogP contribution in [0, 0.1) is 0 Å². The van der Waals surface area contributed by atoms with Gasteiger partial charge in [-0.15, -0.1) is 0 Å². The molecule has 0 radical (unpaired) electrons. The van der Waals surface area contributed by atoms with Gasteiger partial charge in [-0.05, 0) is 17.3 Å². The van der Waals surface area contributed by atoms with Crippen molar-refractivity contribution in [2.45, 2.75) is 19.1 Å². The Labute approximate surface area is 81.4 Å². The van der Waals surface area contributed by atoms with Crippen LogP contribution in [0.2, 0.25) is 19.1 Å². The first kappa shape index (κ1) is 8.82. The first-order chi connectivity index (χ1) is 6.11. The Bertz CT molecular complexity index is 320. The molecule has 0 bridgehead atoms. The Balaban J connectivity index is 2.55. The van der Waals surface area contributed by atoms with E-state index in [4.69, 9.17) is 0 Å². The minimum atomic E-state index is -1.09. The van der Waals surface area contributed by atoms with Gasteiger partial charge in [0.1, 0.15) is 0 Å². The van der Waals surface area contributed by atoms with Crippen LogP contribution in [0.4, 0.5) is 5.69 Å². The van der Waals surface area contributed by atoms with Gasteiger partial charge in [0, 0.05) is 19.3 Å². The summed E-state index contributed by atoms with van der Waals surface area (Å²) in [6.45, 7) is 6.17. The number of benzene rings is 1. The molecule has 1 aromatic rings. The fourth-order valence-corrected chi connectivity index (χ4v) is 4.76. The molecule has 0 N–H and O–H groups in total. The molecule has 0 unspecified atom stereocenters. The van der Waals surface area contributed by atoms with E-state index in [1.807, 2.05) is 0 Å². The van der Waals surface area contributed by atoms with Gasteiger partial charge in [-0.2, -0.15) is 0 Å². The third-order valence-electron chi connectivity index (χ3n) is 3.12. The molecular weight excluding hydrogens is 174 g/mol. The number of hydrogen-bond acceptors (Lipinski definition) is 1. The highest BCUT2D eigenvalue weighted by Crippen LogP contribution is 2.23. The van der Waals surface area contributed by atoms with E-state index in [0.717, 1.165) is 0 Å². The summed E-state index contributed by atoms with van der Waals surface area (Å²) in [5, 5.41) is 1.63. The van der Waals surface area contributed by atoms with E-state index < -0.39 is 8.07 Å². The Morgan fingerprint density at radius 2 is 1.92 bits per heavy atom. The second-order valence-corrected chi connectivity index (χ2v) is 9.38. The molecule has 0 aromatic heterocycles. The molecule has 1 heterocycles. The standard InChI is InChI=1S/C11H17NSi/c1-12-8-9-13(2,3)11-7-5-4-6-10(11)12/h4-7H,8-9H2,1-3H3. The number of fused-ring (bicyclic) bond motifs is 1. The molecule has 0 fully saturated rings. The van der Waals surface area contributed by atoms with Gasteiger partial charge >= 0.3 is 0 Å². The molecule has 0 saturated carbocycles. The molecule has 0 aliphatic carbocycles. The number of rotatable bonds is 0. The summed E-state index contributed by atoms with van der Waals surface area (Å²) >= 11 is 0. The maximum atomic E-state index is 2.47. The van der Waals surface area contributed by atoms with Crippen molar-refractivity contribution < 1.29 is 0 Å². The third-order valence-corrected chi connectivity index (χ3v) is 6.47. The first-order valence-corrected chi connectivity index (χ1v) is 8.13. The number of anilines is 1. The van der Waals surface area contributed by atoms with Gasteiger partial charge in [0.25, 0.3) is 0 Å². The Hall–Kier alpha value is -0.763. The highest BCUT2D eigenvalue weighted by molar-refractivity contribution is 6.91. The zero-order valence-corrected chi connectivity index (χ0v) is 9.67. The lowest BCUT2D eigenvalue weighted by atomic mass is 10.3. The summed E-state index contributed by atoms with van der Waals surface area (Å²) < 4.78 is 0. The van der Waals surface area contributed by atoms with E-state index in [1.165, 1.54) is 18.3 Å². The lowest BCUT2D eigenvalue weighted by Gasteiger charge is -2.37. The van der Waals surface area contributed by atoms with Gasteiger partial charge in [0.15, 0.2) is 0 Å². The number of para-hydroxylation sites is 1. The second-order valence-electron chi connectivity index (χ2n) is 4.57. The van der Waals surface area contributed by atoms with Crippen LogP contribution < -0.4 is 10.1 Å². The molecule has 1 nitrogen and oxygen atoms in total. The number of nitrogens with zero attached hydrogens (tertiary/aromatic N) is 1. The zero-order chi connectivity index (χ0) is 9.47. The lowest BCUT2D eigenvalue weighted by Crippen LogP contribution is -2.50. The van der Waals surface area contributed by atoms with Gasteiger partial charge < -0.3 is 4.90 Å². The van der Waals surface area contributed by atoms with Crippen LogP contribution in [0.3, 0.4) is 0 Å². The predicted molar refractivity (Wildman–Crippen MR) is 61.6 cm³/mol. The average Bonchev–Trinajstić information content (AvgIpc) is 2.13. The molecule has 0 spiro atoms. The van der Waals surface area contributed by atoms with E-state index in [2.05, 4.69) is 49.3 Å². The molecule has 2 heteroatoms. The highest BCUT2D eigenvalue weighted by atomic mass is 28.3. The van der Waals surface area contributed by atoms with Crippen molar-refractivity contribution in [1.82, 2.24) is 0 Å². The van der Waals surface area contributed by atoms with Crippen LogP contribution in [-0.4, -0.2) is 21.7 Å². The van der Waals surface area contributed by atoms with E-state index in [9.17, 15) is 0 Å². The fraction of sp³-hybridized carbons (Fsp3) is 0.455. The van der Waals surface area contributed by atoms with Gasteiger partial charge in [0.2, 0.25) is 0 Å². The smallest absolute Gasteiger partial charge is 0.0850 e. The fourth-order valence-electron chi connectivity index (χ4n) is 2.08. The lowest BCUT2D eigenvalue weighted by molar-refractivity contribution is 0.940. The maximum absolute atomic E-state index is 2.47. The summed E-state index contributed by atoms with van der Waals surface area (Å²) in [7, 11) is 1.10. The Morgan fingerprint density at radius 3 is 2.62 bits per heavy atom. The molecular formula is C11H17NSi. The van der Waals surface area contributed by atoms with E-state index >= 15 is 0 Å². The topological polar surface area (TPSA) is 3.24 Å². The molecule has 0 atom stereocenters. The largest absolute Gasteiger partial charge is 0.375 e. The molecule has 70 valence electrons. The third kappa shape index (κ3) is 1.39. The first-order valence-electron chi connectivity index (χ1n) is 4.92. The molecule has 1 aromatic carbocycles. The average molecular weight is 191 g/mol. The SMILES string of the molecule is CN1CC[Si](C)(C)c2ccccc21. The van der Waals surface area contributed by atoms with Crippen molar-refractivity contribution in [3.63, 3.8) is 0 Å². The van der Waals surface area contributed by atoms with Gasteiger partial charge in [-0.1, -0.05) is 31.3 Å². The van der Waals surface area contributed by atoms with E-state index in [-0.39, 0.29) is 0 Å². The van der Waals surface area contributed by atoms with Crippen molar-refractivity contribution >= 4 is 18.9 Å². The molecule has 0 saturated heterocycles. The van der Waals surface area contributed by atoms with Crippen LogP contribution in [0.15, 0.2) is 24.3 Å². The second kappa shape index (κ2) is 2.88. The highest BCUT2D eigenvalue weighted by Gasteiger charge is 2.30. The van der Waals surface area contributed by atoms with Crippen molar-refractivity contribution in [1.29, 1.82) is 0 Å². The van der Waals surface area contributed by atoms with Crippen molar-refractivity contribution in [2.75, 3.05) is 18.5 Å². The van der Waals surface area contributed by atoms with Crippen molar-refractivity contribution in [3.05, 3.63) is 24.3 Å². The van der Waals surface area contributed by atoms with Crippen LogP contribution in [0.1, 0.15) is 0 Å². The van der Waals surface area contributed by atoms with Crippen LogP contribution in [0.25, 0.3) is 0 Å². The summed E-state index contributed by atoms with van der Waals surface area (Å²) in [6.07, 6.45) is 0. The quantitative estimate of drug-likeness (QED) is 0.567. The normalized spacial score (nSPS) is 19.8. The predicted octanol–water partition coefficient (Wildman–Crippen LogP) is 2.05. The van der Waals surface area contributed by atoms with Gasteiger partial charge in [-0.25, -0.2) is 0 Å². The summed E-state index contributed by atoms with van der Waals surface area (Å²) in [6, 6.07) is 10.3. The van der Waals surface area contributed by atoms with Crippen LogP contribution >= 0.6 is 0 Å².